The minimum Gasteiger partial charge on any atom is -0.489 e. The molecule has 0 unspecified atom stereocenters. The summed E-state index contributed by atoms with van der Waals surface area (Å²) in [5, 5.41) is 8.02. The Balaban J connectivity index is 1.46. The van der Waals surface area contributed by atoms with Crippen LogP contribution in [0.2, 0.25) is 0 Å². The van der Waals surface area contributed by atoms with Crippen LogP contribution in [-0.4, -0.2) is 15.3 Å². The number of halogens is 1. The Kier molecular flexibility index (Phi) is 4.88. The van der Waals surface area contributed by atoms with Crippen molar-refractivity contribution in [3.63, 3.8) is 0 Å². The number of rotatable bonds is 5. The van der Waals surface area contributed by atoms with Gasteiger partial charge >= 0.3 is 0 Å². The summed E-state index contributed by atoms with van der Waals surface area (Å²) in [6.07, 6.45) is 0. The highest BCUT2D eigenvalue weighted by Crippen LogP contribution is 2.28. The quantitative estimate of drug-likeness (QED) is 0.451. The Labute approximate surface area is 167 Å². The van der Waals surface area contributed by atoms with Crippen molar-refractivity contribution in [2.45, 2.75) is 32.8 Å². The molecular weight excluding hydrogens is 373 g/mol. The van der Waals surface area contributed by atoms with Gasteiger partial charge in [0.2, 0.25) is 5.82 Å². The third-order valence-electron chi connectivity index (χ3n) is 4.36. The monoisotopic (exact) mass is 393 g/mol. The Morgan fingerprint density at radius 2 is 1.72 bits per heavy atom. The van der Waals surface area contributed by atoms with Crippen molar-refractivity contribution in [3.8, 4) is 28.7 Å². The fraction of sp³-hybridized carbons (Fsp3) is 0.227. The van der Waals surface area contributed by atoms with Crippen molar-refractivity contribution in [1.82, 2.24) is 15.3 Å². The summed E-state index contributed by atoms with van der Waals surface area (Å²) < 4.78 is 30.0. The molecule has 4 aromatic rings. The molecule has 0 bridgehead atoms. The molecule has 0 aliphatic heterocycles. The zero-order chi connectivity index (χ0) is 20.4. The molecule has 0 saturated heterocycles. The maximum atomic E-state index is 13.7. The Morgan fingerprint density at radius 3 is 2.41 bits per heavy atom. The summed E-state index contributed by atoms with van der Waals surface area (Å²) in [6, 6.07) is 15.5. The minimum absolute atomic E-state index is 0.153. The second-order valence-electron chi connectivity index (χ2n) is 7.65. The first-order valence-electron chi connectivity index (χ1n) is 9.18. The summed E-state index contributed by atoms with van der Waals surface area (Å²) in [4.78, 5) is 4.39. The van der Waals surface area contributed by atoms with Gasteiger partial charge < -0.3 is 13.8 Å². The van der Waals surface area contributed by atoms with Crippen molar-refractivity contribution in [3.05, 3.63) is 71.7 Å². The summed E-state index contributed by atoms with van der Waals surface area (Å²) in [6.45, 7) is 6.26. The van der Waals surface area contributed by atoms with Gasteiger partial charge in [-0.2, -0.15) is 4.98 Å². The standard InChI is InChI=1S/C22H20FN3O3/c1-22(2,3)19-12-18(25-28-19)21-24-20(26-29-21)14-8-10-16(11-9-14)27-13-15-6-4-5-7-17(15)23/h4-12H,13H2,1-3H3. The lowest BCUT2D eigenvalue weighted by molar-refractivity contribution is 0.300. The normalized spacial score (nSPS) is 11.6. The van der Waals surface area contributed by atoms with Gasteiger partial charge in [-0.3, -0.25) is 0 Å². The van der Waals surface area contributed by atoms with E-state index in [4.69, 9.17) is 13.8 Å². The van der Waals surface area contributed by atoms with Crippen molar-refractivity contribution >= 4 is 0 Å². The largest absolute Gasteiger partial charge is 0.489 e. The smallest absolute Gasteiger partial charge is 0.280 e. The van der Waals surface area contributed by atoms with Gasteiger partial charge in [-0.15, -0.1) is 0 Å². The average Bonchev–Trinajstić information content (AvgIpc) is 3.37. The third-order valence-corrected chi connectivity index (χ3v) is 4.36. The molecule has 2 aromatic heterocycles. The second-order valence-corrected chi connectivity index (χ2v) is 7.65. The fourth-order valence-electron chi connectivity index (χ4n) is 2.65. The predicted octanol–water partition coefficient (Wildman–Crippen LogP) is 5.41. The lowest BCUT2D eigenvalue weighted by atomic mass is 9.93. The lowest BCUT2D eigenvalue weighted by Crippen LogP contribution is -2.09. The lowest BCUT2D eigenvalue weighted by Gasteiger charge is -2.11. The Hall–Kier alpha value is -3.48. The second kappa shape index (κ2) is 7.50. The van der Waals surface area contributed by atoms with E-state index >= 15 is 0 Å². The molecule has 2 heterocycles. The van der Waals surface area contributed by atoms with E-state index in [2.05, 4.69) is 15.3 Å². The Morgan fingerprint density at radius 1 is 0.966 bits per heavy atom. The number of aromatic nitrogens is 3. The first-order valence-corrected chi connectivity index (χ1v) is 9.18. The van der Waals surface area contributed by atoms with Gasteiger partial charge in [-0.25, -0.2) is 4.39 Å². The van der Waals surface area contributed by atoms with Gasteiger partial charge in [0.05, 0.1) is 0 Å². The number of benzene rings is 2. The van der Waals surface area contributed by atoms with Crippen LogP contribution in [0.4, 0.5) is 4.39 Å². The van der Waals surface area contributed by atoms with Crippen molar-refractivity contribution in [2.75, 3.05) is 0 Å². The molecule has 29 heavy (non-hydrogen) atoms. The van der Waals surface area contributed by atoms with Crippen LogP contribution in [0.25, 0.3) is 23.0 Å². The highest BCUT2D eigenvalue weighted by atomic mass is 19.1. The predicted molar refractivity (Wildman–Crippen MR) is 105 cm³/mol. The van der Waals surface area contributed by atoms with E-state index < -0.39 is 0 Å². The molecule has 0 fully saturated rings. The fourth-order valence-corrected chi connectivity index (χ4v) is 2.65. The van der Waals surface area contributed by atoms with E-state index in [0.717, 1.165) is 11.3 Å². The van der Waals surface area contributed by atoms with Crippen molar-refractivity contribution in [1.29, 1.82) is 0 Å². The van der Waals surface area contributed by atoms with Gasteiger partial charge in [-0.1, -0.05) is 49.3 Å². The topological polar surface area (TPSA) is 74.2 Å². The zero-order valence-corrected chi connectivity index (χ0v) is 16.3. The van der Waals surface area contributed by atoms with Crippen LogP contribution in [0.3, 0.4) is 0 Å². The molecule has 0 saturated carbocycles. The maximum Gasteiger partial charge on any atom is 0.280 e. The number of hydrogen-bond donors (Lipinski definition) is 0. The minimum atomic E-state index is -0.286. The van der Waals surface area contributed by atoms with Crippen molar-refractivity contribution in [2.24, 2.45) is 0 Å². The van der Waals surface area contributed by atoms with Crippen molar-refractivity contribution < 1.29 is 18.2 Å². The summed E-state index contributed by atoms with van der Waals surface area (Å²) in [5.74, 6) is 1.79. The number of hydrogen-bond acceptors (Lipinski definition) is 6. The summed E-state index contributed by atoms with van der Waals surface area (Å²) >= 11 is 0. The van der Waals surface area contributed by atoms with E-state index in [1.54, 1.807) is 36.4 Å². The van der Waals surface area contributed by atoms with Crippen LogP contribution in [0, 0.1) is 5.82 Å². The summed E-state index contributed by atoms with van der Waals surface area (Å²) in [7, 11) is 0. The van der Waals surface area contributed by atoms with Crippen LogP contribution in [0.1, 0.15) is 32.1 Å². The van der Waals surface area contributed by atoms with Crippen LogP contribution in [-0.2, 0) is 12.0 Å². The summed E-state index contributed by atoms with van der Waals surface area (Å²) in [5.41, 5.74) is 1.60. The van der Waals surface area contributed by atoms with Crippen LogP contribution >= 0.6 is 0 Å². The van der Waals surface area contributed by atoms with Crippen LogP contribution < -0.4 is 4.74 Å². The molecule has 0 aliphatic rings. The van der Waals surface area contributed by atoms with E-state index in [9.17, 15) is 4.39 Å². The van der Waals surface area contributed by atoms with E-state index in [-0.39, 0.29) is 17.8 Å². The van der Waals surface area contributed by atoms with Gasteiger partial charge in [0.1, 0.15) is 23.9 Å². The van der Waals surface area contributed by atoms with E-state index in [1.807, 2.05) is 32.9 Å². The molecule has 0 spiro atoms. The zero-order valence-electron chi connectivity index (χ0n) is 16.3. The molecule has 0 radical (unpaired) electrons. The number of nitrogens with zero attached hydrogens (tertiary/aromatic N) is 3. The van der Waals surface area contributed by atoms with Gasteiger partial charge in [-0.05, 0) is 30.3 Å². The highest BCUT2D eigenvalue weighted by molar-refractivity contribution is 5.58. The molecule has 6 nitrogen and oxygen atoms in total. The van der Waals surface area contributed by atoms with Gasteiger partial charge in [0.25, 0.3) is 5.89 Å². The molecule has 2 aromatic carbocycles. The van der Waals surface area contributed by atoms with E-state index in [1.165, 1.54) is 6.07 Å². The molecular formula is C22H20FN3O3. The SMILES string of the molecule is CC(C)(C)c1cc(-c2nc(-c3ccc(OCc4ccccc4F)cc3)no2)no1. The molecule has 0 atom stereocenters. The molecule has 0 aliphatic carbocycles. The third kappa shape index (κ3) is 4.18. The van der Waals surface area contributed by atoms with Crippen LogP contribution in [0.5, 0.6) is 5.75 Å². The molecule has 0 amide bonds. The maximum absolute atomic E-state index is 13.7. The molecule has 4 rings (SSSR count). The van der Waals surface area contributed by atoms with E-state index in [0.29, 0.717) is 28.7 Å². The molecule has 7 heteroatoms. The Bertz CT molecular complexity index is 1110. The molecule has 0 N–H and O–H groups in total. The highest BCUT2D eigenvalue weighted by Gasteiger charge is 2.22. The first-order chi connectivity index (χ1) is 13.9. The first kappa shape index (κ1) is 18.9. The van der Waals surface area contributed by atoms with Gasteiger partial charge in [0.15, 0.2) is 5.69 Å². The van der Waals surface area contributed by atoms with Gasteiger partial charge in [0, 0.05) is 22.6 Å². The number of ether oxygens (including phenoxy) is 1. The van der Waals surface area contributed by atoms with Crippen LogP contribution in [0.15, 0.2) is 63.6 Å². The average molecular weight is 393 g/mol. The molecule has 148 valence electrons.